The highest BCUT2D eigenvalue weighted by Crippen LogP contribution is 2.31. The highest BCUT2D eigenvalue weighted by molar-refractivity contribution is 6.30. The fourth-order valence-electron chi connectivity index (χ4n) is 4.06. The average Bonchev–Trinajstić information content (AvgIpc) is 3.31. The largest absolute Gasteiger partial charge is 0.370 e. The maximum Gasteiger partial charge on any atom is 0.274 e. The van der Waals surface area contributed by atoms with Gasteiger partial charge in [0.2, 0.25) is 0 Å². The molecule has 9 heteroatoms. The molecule has 1 saturated heterocycles. The van der Waals surface area contributed by atoms with Gasteiger partial charge in [-0.25, -0.2) is 9.37 Å². The van der Waals surface area contributed by atoms with Gasteiger partial charge in [-0.15, -0.1) is 0 Å². The smallest absolute Gasteiger partial charge is 0.274 e. The average molecular weight is 492 g/mol. The summed E-state index contributed by atoms with van der Waals surface area (Å²) in [6.07, 6.45) is 3.53. The molecule has 178 valence electrons. The number of hydrogen-bond donors (Lipinski definition) is 1. The van der Waals surface area contributed by atoms with Crippen molar-refractivity contribution in [3.05, 3.63) is 95.2 Å². The normalized spacial score (nSPS) is 15.7. The van der Waals surface area contributed by atoms with Gasteiger partial charge < -0.3 is 15.0 Å². The van der Waals surface area contributed by atoms with Gasteiger partial charge in [-0.3, -0.25) is 9.48 Å². The Morgan fingerprint density at radius 1 is 1.17 bits per heavy atom. The summed E-state index contributed by atoms with van der Waals surface area (Å²) in [6.45, 7) is 1.67. The topological polar surface area (TPSA) is 72.3 Å². The Balaban J connectivity index is 1.51. The molecule has 1 unspecified atom stereocenters. The number of carbonyl (C=O) groups excluding carboxylic acids is 1. The van der Waals surface area contributed by atoms with Crippen molar-refractivity contribution in [2.24, 2.45) is 7.05 Å². The molecule has 1 N–H and O–H groups in total. The number of benzene rings is 2. The third-order valence-electron chi connectivity index (χ3n) is 5.81. The van der Waals surface area contributed by atoms with Crippen molar-refractivity contribution in [2.45, 2.75) is 6.10 Å². The Bertz CT molecular complexity index is 1360. The van der Waals surface area contributed by atoms with E-state index in [9.17, 15) is 9.18 Å². The highest BCUT2D eigenvalue weighted by Gasteiger charge is 2.25. The molecule has 0 spiro atoms. The zero-order chi connectivity index (χ0) is 24.4. The van der Waals surface area contributed by atoms with E-state index in [0.717, 1.165) is 11.3 Å². The molecular weight excluding hydrogens is 469 g/mol. The Labute approximate surface area is 207 Å². The van der Waals surface area contributed by atoms with Gasteiger partial charge in [0, 0.05) is 53.9 Å². The number of hydrogen-bond acceptors (Lipinski definition) is 5. The van der Waals surface area contributed by atoms with Gasteiger partial charge in [0.1, 0.15) is 17.6 Å². The number of pyridine rings is 1. The standard InChI is InChI=1S/C26H23ClFN5O2/c1-32-15-17(14-29-32)25-16-33(9-10-35-25)20-12-23(21-8-7-18(27)11-22(21)28)31-24(13-20)26(34)30-19-5-3-2-4-6-19/h2-8,11-15,25H,9-10,16H2,1H3,(H,30,34). The number of aromatic nitrogens is 3. The molecule has 3 heterocycles. The molecule has 2 aromatic heterocycles. The second-order valence-corrected chi connectivity index (χ2v) is 8.73. The molecule has 0 saturated carbocycles. The number of rotatable bonds is 5. The van der Waals surface area contributed by atoms with Crippen LogP contribution in [0.15, 0.2) is 73.1 Å². The molecule has 0 radical (unpaired) electrons. The van der Waals surface area contributed by atoms with Crippen molar-refractivity contribution in [1.82, 2.24) is 14.8 Å². The Kier molecular flexibility index (Phi) is 6.48. The molecule has 2 aromatic carbocycles. The summed E-state index contributed by atoms with van der Waals surface area (Å²) in [5.41, 5.74) is 3.16. The van der Waals surface area contributed by atoms with Crippen molar-refractivity contribution in [3.63, 3.8) is 0 Å². The number of nitrogens with one attached hydrogen (secondary N) is 1. The number of ether oxygens (including phenoxy) is 1. The summed E-state index contributed by atoms with van der Waals surface area (Å²) in [6, 6.07) is 17.0. The SMILES string of the molecule is Cn1cc(C2CN(c3cc(C(=O)Nc4ccccc4)nc(-c4ccc(Cl)cc4F)c3)CCO2)cn1. The molecule has 1 amide bonds. The number of anilines is 2. The first-order valence-electron chi connectivity index (χ1n) is 11.2. The summed E-state index contributed by atoms with van der Waals surface area (Å²) >= 11 is 5.95. The maximum absolute atomic E-state index is 14.8. The summed E-state index contributed by atoms with van der Waals surface area (Å²) in [5, 5.41) is 7.39. The molecule has 4 aromatic rings. The van der Waals surface area contributed by atoms with Gasteiger partial charge in [-0.1, -0.05) is 29.8 Å². The van der Waals surface area contributed by atoms with E-state index in [1.807, 2.05) is 31.4 Å². The minimum atomic E-state index is -0.508. The zero-order valence-electron chi connectivity index (χ0n) is 19.0. The summed E-state index contributed by atoms with van der Waals surface area (Å²) in [7, 11) is 1.86. The number of morpholine rings is 1. The molecule has 1 atom stereocenters. The lowest BCUT2D eigenvalue weighted by molar-refractivity contribution is 0.0397. The van der Waals surface area contributed by atoms with Crippen LogP contribution in [0.4, 0.5) is 15.8 Å². The van der Waals surface area contributed by atoms with E-state index < -0.39 is 5.82 Å². The minimum Gasteiger partial charge on any atom is -0.370 e. The summed E-state index contributed by atoms with van der Waals surface area (Å²) in [4.78, 5) is 19.7. The van der Waals surface area contributed by atoms with Crippen molar-refractivity contribution in [3.8, 4) is 11.3 Å². The molecule has 0 aliphatic carbocycles. The fourth-order valence-corrected chi connectivity index (χ4v) is 4.22. The molecule has 1 fully saturated rings. The second-order valence-electron chi connectivity index (χ2n) is 8.29. The monoisotopic (exact) mass is 491 g/mol. The molecule has 7 nitrogen and oxygen atoms in total. The minimum absolute atomic E-state index is 0.178. The van der Waals surface area contributed by atoms with Crippen LogP contribution in [0.2, 0.25) is 5.02 Å². The van der Waals surface area contributed by atoms with E-state index >= 15 is 0 Å². The van der Waals surface area contributed by atoms with E-state index in [-0.39, 0.29) is 28.3 Å². The fraction of sp³-hybridized carbons (Fsp3) is 0.192. The first-order chi connectivity index (χ1) is 17.0. The van der Waals surface area contributed by atoms with Gasteiger partial charge in [0.05, 0.1) is 18.5 Å². The number of nitrogens with zero attached hydrogens (tertiary/aromatic N) is 4. The first kappa shape index (κ1) is 23.0. The number of aryl methyl sites for hydroxylation is 1. The summed E-state index contributed by atoms with van der Waals surface area (Å²) in [5.74, 6) is -0.891. The lowest BCUT2D eigenvalue weighted by atomic mass is 10.1. The highest BCUT2D eigenvalue weighted by atomic mass is 35.5. The predicted octanol–water partition coefficient (Wildman–Crippen LogP) is 5.10. The van der Waals surface area contributed by atoms with Crippen LogP contribution in [-0.2, 0) is 11.8 Å². The maximum atomic E-state index is 14.8. The van der Waals surface area contributed by atoms with Crippen LogP contribution in [0.1, 0.15) is 22.2 Å². The molecular formula is C26H23ClFN5O2. The van der Waals surface area contributed by atoms with Crippen molar-refractivity contribution in [2.75, 3.05) is 29.9 Å². The van der Waals surface area contributed by atoms with E-state index in [4.69, 9.17) is 16.3 Å². The van der Waals surface area contributed by atoms with Gasteiger partial charge in [-0.05, 0) is 42.5 Å². The lowest BCUT2D eigenvalue weighted by Gasteiger charge is -2.34. The molecule has 5 rings (SSSR count). The third-order valence-corrected chi connectivity index (χ3v) is 6.04. The van der Waals surface area contributed by atoms with E-state index in [0.29, 0.717) is 31.1 Å². The van der Waals surface area contributed by atoms with Gasteiger partial charge in [0.25, 0.3) is 5.91 Å². The van der Waals surface area contributed by atoms with Crippen molar-refractivity contribution >= 4 is 28.9 Å². The number of para-hydroxylation sites is 1. The van der Waals surface area contributed by atoms with Crippen LogP contribution in [0.3, 0.4) is 0 Å². The van der Waals surface area contributed by atoms with E-state index in [1.165, 1.54) is 6.07 Å². The van der Waals surface area contributed by atoms with Crippen molar-refractivity contribution in [1.29, 1.82) is 0 Å². The third kappa shape index (κ3) is 5.18. The van der Waals surface area contributed by atoms with Gasteiger partial charge >= 0.3 is 0 Å². The Morgan fingerprint density at radius 3 is 2.74 bits per heavy atom. The van der Waals surface area contributed by atoms with Crippen LogP contribution in [0, 0.1) is 5.82 Å². The number of carbonyl (C=O) groups is 1. The second kappa shape index (κ2) is 9.85. The van der Waals surface area contributed by atoms with Crippen LogP contribution >= 0.6 is 11.6 Å². The molecule has 0 bridgehead atoms. The van der Waals surface area contributed by atoms with Crippen LogP contribution in [0.25, 0.3) is 11.3 Å². The Hall–Kier alpha value is -3.75. The van der Waals surface area contributed by atoms with Crippen LogP contribution in [-0.4, -0.2) is 40.4 Å². The molecule has 1 aliphatic heterocycles. The quantitative estimate of drug-likeness (QED) is 0.420. The van der Waals surface area contributed by atoms with Gasteiger partial charge in [0.15, 0.2) is 0 Å². The molecule has 1 aliphatic rings. The molecule has 35 heavy (non-hydrogen) atoms. The lowest BCUT2D eigenvalue weighted by Crippen LogP contribution is -2.38. The number of amides is 1. The summed E-state index contributed by atoms with van der Waals surface area (Å²) < 4.78 is 22.5. The van der Waals surface area contributed by atoms with Gasteiger partial charge in [-0.2, -0.15) is 5.10 Å². The van der Waals surface area contributed by atoms with E-state index in [2.05, 4.69) is 20.3 Å². The predicted molar refractivity (Wildman–Crippen MR) is 133 cm³/mol. The van der Waals surface area contributed by atoms with Crippen molar-refractivity contribution < 1.29 is 13.9 Å². The first-order valence-corrected chi connectivity index (χ1v) is 11.5. The van der Waals surface area contributed by atoms with Crippen LogP contribution in [0.5, 0.6) is 0 Å². The van der Waals surface area contributed by atoms with E-state index in [1.54, 1.807) is 47.3 Å². The zero-order valence-corrected chi connectivity index (χ0v) is 19.7. The van der Waals surface area contributed by atoms with Crippen LogP contribution < -0.4 is 10.2 Å². The Morgan fingerprint density at radius 2 is 2.00 bits per heavy atom. The number of halogens is 2.